The lowest BCUT2D eigenvalue weighted by atomic mass is 9.86. The number of amides is 1. The van der Waals surface area contributed by atoms with Crippen LogP contribution in [0.15, 0.2) is 18.2 Å². The van der Waals surface area contributed by atoms with Gasteiger partial charge in [-0.1, -0.05) is 33.6 Å². The van der Waals surface area contributed by atoms with Crippen molar-refractivity contribution >= 4 is 5.91 Å². The third kappa shape index (κ3) is 4.88. The maximum absolute atomic E-state index is 12.5. The molecule has 1 N–H and O–H groups in total. The van der Waals surface area contributed by atoms with Crippen molar-refractivity contribution < 1.29 is 14.3 Å². The van der Waals surface area contributed by atoms with Gasteiger partial charge in [0.2, 0.25) is 0 Å². The fourth-order valence-corrected chi connectivity index (χ4v) is 2.97. The Kier molecular flexibility index (Phi) is 6.31. The van der Waals surface area contributed by atoms with Gasteiger partial charge in [0, 0.05) is 11.6 Å². The molecule has 0 spiro atoms. The molecule has 0 aliphatic heterocycles. The molecular weight excluding hydrogens is 290 g/mol. The minimum atomic E-state index is -0.0301. The highest BCUT2D eigenvalue weighted by Crippen LogP contribution is 2.29. The van der Waals surface area contributed by atoms with E-state index in [1.54, 1.807) is 19.2 Å². The Balaban J connectivity index is 2.05. The highest BCUT2D eigenvalue weighted by Gasteiger charge is 2.23. The Bertz CT molecular complexity index is 527. The van der Waals surface area contributed by atoms with Crippen LogP contribution in [0.25, 0.3) is 0 Å². The third-order valence-electron chi connectivity index (χ3n) is 4.43. The zero-order chi connectivity index (χ0) is 16.8. The number of hydrogen-bond donors (Lipinski definition) is 1. The zero-order valence-corrected chi connectivity index (χ0v) is 14.7. The van der Waals surface area contributed by atoms with E-state index in [-0.39, 0.29) is 11.9 Å². The molecule has 1 aliphatic rings. The molecule has 0 saturated heterocycles. The van der Waals surface area contributed by atoms with E-state index < -0.39 is 0 Å². The monoisotopic (exact) mass is 319 g/mol. The second-order valence-electron chi connectivity index (χ2n) is 6.91. The van der Waals surface area contributed by atoms with Crippen molar-refractivity contribution in [3.05, 3.63) is 23.8 Å². The molecule has 128 valence electrons. The number of nitrogens with one attached hydrogen (secondary N) is 1. The first-order valence-electron chi connectivity index (χ1n) is 8.63. The molecule has 1 aliphatic carbocycles. The van der Waals surface area contributed by atoms with Crippen LogP contribution in [0.5, 0.6) is 11.5 Å². The van der Waals surface area contributed by atoms with Crippen molar-refractivity contribution in [2.24, 2.45) is 11.8 Å². The largest absolute Gasteiger partial charge is 0.493 e. The van der Waals surface area contributed by atoms with Gasteiger partial charge in [0.25, 0.3) is 5.91 Å². The van der Waals surface area contributed by atoms with Crippen molar-refractivity contribution in [3.63, 3.8) is 0 Å². The summed E-state index contributed by atoms with van der Waals surface area (Å²) in [5.74, 6) is 2.25. The van der Waals surface area contributed by atoms with Gasteiger partial charge in [-0.25, -0.2) is 0 Å². The number of rotatable bonds is 6. The van der Waals surface area contributed by atoms with Gasteiger partial charge in [0.15, 0.2) is 11.5 Å². The van der Waals surface area contributed by atoms with Crippen LogP contribution in [0.1, 0.15) is 56.8 Å². The fourth-order valence-electron chi connectivity index (χ4n) is 2.97. The van der Waals surface area contributed by atoms with E-state index >= 15 is 0 Å². The van der Waals surface area contributed by atoms with Gasteiger partial charge < -0.3 is 14.8 Å². The average Bonchev–Trinajstić information content (AvgIpc) is 2.54. The first-order chi connectivity index (χ1) is 11.0. The Morgan fingerprint density at radius 3 is 2.65 bits per heavy atom. The number of carbonyl (C=O) groups excluding carboxylic acids is 1. The van der Waals surface area contributed by atoms with Gasteiger partial charge in [-0.15, -0.1) is 0 Å². The van der Waals surface area contributed by atoms with Crippen molar-refractivity contribution in [3.8, 4) is 11.5 Å². The summed E-state index contributed by atoms with van der Waals surface area (Å²) in [5.41, 5.74) is 0.622. The summed E-state index contributed by atoms with van der Waals surface area (Å²) in [6.45, 7) is 7.04. The van der Waals surface area contributed by atoms with Crippen LogP contribution >= 0.6 is 0 Å². The van der Waals surface area contributed by atoms with E-state index in [1.807, 2.05) is 6.07 Å². The van der Waals surface area contributed by atoms with Crippen molar-refractivity contribution in [2.75, 3.05) is 13.7 Å². The summed E-state index contributed by atoms with van der Waals surface area (Å²) < 4.78 is 11.1. The standard InChI is InChI=1S/C19H29NO3/c1-13(2)12-23-17-10-9-15(11-18(17)22-4)19(21)20-16-8-6-5-7-14(16)3/h9-11,13-14,16H,5-8,12H2,1-4H3,(H,20,21). The normalized spacial score (nSPS) is 21.1. The first-order valence-corrected chi connectivity index (χ1v) is 8.63. The Labute approximate surface area is 139 Å². The third-order valence-corrected chi connectivity index (χ3v) is 4.43. The summed E-state index contributed by atoms with van der Waals surface area (Å²) in [6.07, 6.45) is 4.72. The average molecular weight is 319 g/mol. The SMILES string of the molecule is COc1cc(C(=O)NC2CCCCC2C)ccc1OCC(C)C. The number of carbonyl (C=O) groups is 1. The number of benzene rings is 1. The summed E-state index contributed by atoms with van der Waals surface area (Å²) in [5, 5.41) is 3.17. The Morgan fingerprint density at radius 2 is 2.00 bits per heavy atom. The molecule has 0 aromatic heterocycles. The van der Waals surface area contributed by atoms with E-state index in [2.05, 4.69) is 26.1 Å². The van der Waals surface area contributed by atoms with Gasteiger partial charge in [-0.05, 0) is 42.9 Å². The van der Waals surface area contributed by atoms with Crippen LogP contribution in [0.4, 0.5) is 0 Å². The van der Waals surface area contributed by atoms with Crippen LogP contribution < -0.4 is 14.8 Å². The second-order valence-corrected chi connectivity index (χ2v) is 6.91. The van der Waals surface area contributed by atoms with Gasteiger partial charge in [-0.3, -0.25) is 4.79 Å². The molecule has 4 nitrogen and oxygen atoms in total. The van der Waals surface area contributed by atoms with Gasteiger partial charge in [-0.2, -0.15) is 0 Å². The molecule has 0 heterocycles. The Morgan fingerprint density at radius 1 is 1.26 bits per heavy atom. The predicted octanol–water partition coefficient (Wildman–Crippen LogP) is 4.04. The van der Waals surface area contributed by atoms with Crippen molar-refractivity contribution in [1.29, 1.82) is 0 Å². The molecule has 1 aromatic rings. The highest BCUT2D eigenvalue weighted by atomic mass is 16.5. The lowest BCUT2D eigenvalue weighted by Gasteiger charge is -2.29. The number of hydrogen-bond acceptors (Lipinski definition) is 3. The maximum Gasteiger partial charge on any atom is 0.251 e. The van der Waals surface area contributed by atoms with Crippen molar-refractivity contribution in [1.82, 2.24) is 5.32 Å². The molecule has 1 aromatic carbocycles. The van der Waals surface area contributed by atoms with E-state index in [0.29, 0.717) is 35.5 Å². The molecule has 23 heavy (non-hydrogen) atoms. The molecular formula is C19H29NO3. The zero-order valence-electron chi connectivity index (χ0n) is 14.7. The van der Waals surface area contributed by atoms with E-state index in [9.17, 15) is 4.79 Å². The molecule has 0 bridgehead atoms. The molecule has 2 rings (SSSR count). The summed E-state index contributed by atoms with van der Waals surface area (Å²) in [4.78, 5) is 12.5. The summed E-state index contributed by atoms with van der Waals surface area (Å²) in [7, 11) is 1.60. The van der Waals surface area contributed by atoms with Gasteiger partial charge >= 0.3 is 0 Å². The lowest BCUT2D eigenvalue weighted by Crippen LogP contribution is -2.41. The van der Waals surface area contributed by atoms with Gasteiger partial charge in [0.1, 0.15) is 0 Å². The minimum Gasteiger partial charge on any atom is -0.493 e. The second kappa shape index (κ2) is 8.23. The quantitative estimate of drug-likeness (QED) is 0.861. The number of ether oxygens (including phenoxy) is 2. The lowest BCUT2D eigenvalue weighted by molar-refractivity contribution is 0.0910. The summed E-state index contributed by atoms with van der Waals surface area (Å²) in [6, 6.07) is 5.67. The predicted molar refractivity (Wildman–Crippen MR) is 92.2 cm³/mol. The maximum atomic E-state index is 12.5. The smallest absolute Gasteiger partial charge is 0.251 e. The van der Waals surface area contributed by atoms with Crippen LogP contribution in [-0.4, -0.2) is 25.7 Å². The van der Waals surface area contributed by atoms with Crippen LogP contribution in [0.2, 0.25) is 0 Å². The van der Waals surface area contributed by atoms with E-state index in [0.717, 1.165) is 6.42 Å². The fraction of sp³-hybridized carbons (Fsp3) is 0.632. The molecule has 4 heteroatoms. The number of methoxy groups -OCH3 is 1. The molecule has 1 fully saturated rings. The highest BCUT2D eigenvalue weighted by molar-refractivity contribution is 5.95. The first kappa shape index (κ1) is 17.6. The molecule has 0 radical (unpaired) electrons. The molecule has 2 unspecified atom stereocenters. The van der Waals surface area contributed by atoms with Gasteiger partial charge in [0.05, 0.1) is 13.7 Å². The Hall–Kier alpha value is -1.71. The van der Waals surface area contributed by atoms with Crippen molar-refractivity contribution in [2.45, 2.75) is 52.5 Å². The van der Waals surface area contributed by atoms with Crippen LogP contribution in [0.3, 0.4) is 0 Å². The minimum absolute atomic E-state index is 0.0301. The van der Waals surface area contributed by atoms with E-state index in [4.69, 9.17) is 9.47 Å². The molecule has 1 saturated carbocycles. The molecule has 2 atom stereocenters. The van der Waals surface area contributed by atoms with Crippen LogP contribution in [-0.2, 0) is 0 Å². The molecule has 1 amide bonds. The van der Waals surface area contributed by atoms with E-state index in [1.165, 1.54) is 19.3 Å². The topological polar surface area (TPSA) is 47.6 Å². The summed E-state index contributed by atoms with van der Waals surface area (Å²) >= 11 is 0. The van der Waals surface area contributed by atoms with Crippen LogP contribution in [0, 0.1) is 11.8 Å².